The van der Waals surface area contributed by atoms with Crippen molar-refractivity contribution >= 4 is 54.1 Å². The zero-order valence-electron chi connectivity index (χ0n) is 19.5. The third-order valence-electron chi connectivity index (χ3n) is 7.39. The number of hydrogen-bond donors (Lipinski definition) is 0. The van der Waals surface area contributed by atoms with E-state index in [-0.39, 0.29) is 0 Å². The molecule has 0 aliphatic carbocycles. The van der Waals surface area contributed by atoms with Gasteiger partial charge in [0.25, 0.3) is 0 Å². The van der Waals surface area contributed by atoms with Gasteiger partial charge < -0.3 is 9.13 Å². The molecule has 2 heteroatoms. The molecular weight excluding hydrogens is 388 g/mol. The first-order valence-corrected chi connectivity index (χ1v) is 12.0. The summed E-state index contributed by atoms with van der Waals surface area (Å²) in [6.07, 6.45) is 4.59. The summed E-state index contributed by atoms with van der Waals surface area (Å²) in [4.78, 5) is 0. The van der Waals surface area contributed by atoms with Crippen molar-refractivity contribution in [3.63, 3.8) is 0 Å². The number of rotatable bonds is 4. The number of nitrogens with zero attached hydrogens (tertiary/aromatic N) is 2. The van der Waals surface area contributed by atoms with Crippen molar-refractivity contribution in [2.24, 2.45) is 14.1 Å². The molecule has 0 unspecified atom stereocenters. The van der Waals surface area contributed by atoms with Gasteiger partial charge in [0.05, 0.1) is 11.0 Å². The Morgan fingerprint density at radius 2 is 0.844 bits per heavy atom. The third-order valence-corrected chi connectivity index (χ3v) is 7.39. The standard InChI is InChI=1S/C30H30N2/c1-5-7-21-17-19-9-11-25-23-14-16-28-26(24(23)13-15-27(25)29(19)31(21)3)12-10-20-18-22(8-6-2)32(4)30(20)28/h9-18H,5-8H2,1-4H3. The van der Waals surface area contributed by atoms with Crippen molar-refractivity contribution < 1.29 is 0 Å². The molecule has 0 fully saturated rings. The second kappa shape index (κ2) is 7.13. The van der Waals surface area contributed by atoms with Gasteiger partial charge in [0, 0.05) is 47.0 Å². The highest BCUT2D eigenvalue weighted by Gasteiger charge is 2.14. The molecule has 2 aromatic heterocycles. The van der Waals surface area contributed by atoms with Crippen molar-refractivity contribution in [2.45, 2.75) is 39.5 Å². The van der Waals surface area contributed by atoms with Crippen LogP contribution in [-0.4, -0.2) is 9.13 Å². The van der Waals surface area contributed by atoms with Crippen LogP contribution in [0.15, 0.2) is 60.7 Å². The molecule has 2 nitrogen and oxygen atoms in total. The summed E-state index contributed by atoms with van der Waals surface area (Å²) in [6.45, 7) is 4.51. The van der Waals surface area contributed by atoms with E-state index in [1.54, 1.807) is 0 Å². The Balaban J connectivity index is 1.68. The van der Waals surface area contributed by atoms with Crippen LogP contribution in [0.5, 0.6) is 0 Å². The first-order chi connectivity index (χ1) is 15.6. The van der Waals surface area contributed by atoms with Gasteiger partial charge in [0.1, 0.15) is 0 Å². The third kappa shape index (κ3) is 2.59. The van der Waals surface area contributed by atoms with Crippen molar-refractivity contribution in [1.82, 2.24) is 9.13 Å². The summed E-state index contributed by atoms with van der Waals surface area (Å²) in [6, 6.07) is 23.3. The first-order valence-electron chi connectivity index (χ1n) is 12.0. The Labute approximate surface area is 189 Å². The van der Waals surface area contributed by atoms with Crippen molar-refractivity contribution in [3.8, 4) is 0 Å². The molecule has 0 radical (unpaired) electrons. The monoisotopic (exact) mass is 418 g/mol. The number of hydrogen-bond acceptors (Lipinski definition) is 0. The summed E-state index contributed by atoms with van der Waals surface area (Å²) >= 11 is 0. The molecule has 4 aromatic carbocycles. The largest absolute Gasteiger partial charge is 0.347 e. The molecule has 0 amide bonds. The predicted octanol–water partition coefficient (Wildman–Crippen LogP) is 8.03. The van der Waals surface area contributed by atoms with Gasteiger partial charge in [-0.3, -0.25) is 0 Å². The van der Waals surface area contributed by atoms with Crippen LogP contribution in [0.3, 0.4) is 0 Å². The van der Waals surface area contributed by atoms with E-state index < -0.39 is 0 Å². The van der Waals surface area contributed by atoms with E-state index in [0.29, 0.717) is 0 Å². The van der Waals surface area contributed by atoms with Crippen LogP contribution in [0.25, 0.3) is 54.1 Å². The predicted molar refractivity (Wildman–Crippen MR) is 140 cm³/mol. The molecule has 32 heavy (non-hydrogen) atoms. The Morgan fingerprint density at radius 1 is 0.500 bits per heavy atom. The molecule has 0 saturated heterocycles. The highest BCUT2D eigenvalue weighted by Crippen LogP contribution is 2.38. The van der Waals surface area contributed by atoms with E-state index in [2.05, 4.69) is 97.7 Å². The maximum atomic E-state index is 2.40. The Morgan fingerprint density at radius 3 is 1.25 bits per heavy atom. The lowest BCUT2D eigenvalue weighted by Crippen LogP contribution is -1.96. The Kier molecular flexibility index (Phi) is 4.33. The van der Waals surface area contributed by atoms with E-state index in [4.69, 9.17) is 0 Å². The van der Waals surface area contributed by atoms with E-state index in [0.717, 1.165) is 12.8 Å². The first kappa shape index (κ1) is 19.4. The maximum absolute atomic E-state index is 2.40. The van der Waals surface area contributed by atoms with Crippen LogP contribution < -0.4 is 0 Å². The molecule has 0 bridgehead atoms. The van der Waals surface area contributed by atoms with E-state index in [9.17, 15) is 0 Å². The van der Waals surface area contributed by atoms with Gasteiger partial charge in [-0.15, -0.1) is 0 Å². The highest BCUT2D eigenvalue weighted by atomic mass is 14.9. The lowest BCUT2D eigenvalue weighted by molar-refractivity contribution is 0.806. The fourth-order valence-electron chi connectivity index (χ4n) is 5.85. The molecule has 0 saturated carbocycles. The Hall–Kier alpha value is -3.26. The summed E-state index contributed by atoms with van der Waals surface area (Å²) in [5.74, 6) is 0. The smallest absolute Gasteiger partial charge is 0.0559 e. The van der Waals surface area contributed by atoms with Gasteiger partial charge in [0.15, 0.2) is 0 Å². The minimum absolute atomic E-state index is 1.12. The molecule has 6 rings (SSSR count). The maximum Gasteiger partial charge on any atom is 0.0559 e. The van der Waals surface area contributed by atoms with E-state index in [1.165, 1.54) is 78.4 Å². The van der Waals surface area contributed by atoms with Gasteiger partial charge in [-0.2, -0.15) is 0 Å². The van der Waals surface area contributed by atoms with Crippen LogP contribution in [0.1, 0.15) is 38.1 Å². The summed E-state index contributed by atoms with van der Waals surface area (Å²) in [5, 5.41) is 10.8. The number of benzene rings is 4. The molecular formula is C30H30N2. The van der Waals surface area contributed by atoms with Crippen LogP contribution in [0.2, 0.25) is 0 Å². The number of aromatic nitrogens is 2. The van der Waals surface area contributed by atoms with Gasteiger partial charge in [-0.25, -0.2) is 0 Å². The summed E-state index contributed by atoms with van der Waals surface area (Å²) in [7, 11) is 4.44. The van der Waals surface area contributed by atoms with Crippen LogP contribution in [0, 0.1) is 0 Å². The second-order valence-corrected chi connectivity index (χ2v) is 9.31. The van der Waals surface area contributed by atoms with Gasteiger partial charge in [-0.1, -0.05) is 75.2 Å². The summed E-state index contributed by atoms with van der Waals surface area (Å²) < 4.78 is 4.80. The molecule has 0 aliphatic rings. The van der Waals surface area contributed by atoms with E-state index in [1.807, 2.05) is 0 Å². The Bertz CT molecular complexity index is 1530. The van der Waals surface area contributed by atoms with Crippen LogP contribution >= 0.6 is 0 Å². The fraction of sp³-hybridized carbons (Fsp3) is 0.267. The van der Waals surface area contributed by atoms with Crippen molar-refractivity contribution in [1.29, 1.82) is 0 Å². The molecule has 6 aromatic rings. The average molecular weight is 419 g/mol. The van der Waals surface area contributed by atoms with Gasteiger partial charge in [-0.05, 0) is 46.5 Å². The molecule has 160 valence electrons. The minimum Gasteiger partial charge on any atom is -0.347 e. The van der Waals surface area contributed by atoms with E-state index >= 15 is 0 Å². The van der Waals surface area contributed by atoms with Crippen molar-refractivity contribution in [2.75, 3.05) is 0 Å². The molecule has 2 heterocycles. The molecule has 0 N–H and O–H groups in total. The quantitative estimate of drug-likeness (QED) is 0.256. The summed E-state index contributed by atoms with van der Waals surface area (Å²) in [5.41, 5.74) is 5.55. The van der Waals surface area contributed by atoms with Gasteiger partial charge in [0.2, 0.25) is 0 Å². The van der Waals surface area contributed by atoms with Gasteiger partial charge >= 0.3 is 0 Å². The number of aryl methyl sites for hydroxylation is 4. The fourth-order valence-corrected chi connectivity index (χ4v) is 5.85. The highest BCUT2D eigenvalue weighted by molar-refractivity contribution is 6.24. The normalized spacial score (nSPS) is 12.2. The van der Waals surface area contributed by atoms with Crippen molar-refractivity contribution in [3.05, 3.63) is 72.1 Å². The van der Waals surface area contributed by atoms with Crippen LogP contribution in [-0.2, 0) is 26.9 Å². The lowest BCUT2D eigenvalue weighted by Gasteiger charge is -2.12. The SMILES string of the molecule is CCCc1cc2ccc3c4ccc5c(ccc6cc(CCC)n(C)c65)c4ccc3c2n1C. The lowest BCUT2D eigenvalue weighted by atomic mass is 9.95. The topological polar surface area (TPSA) is 9.86 Å². The second-order valence-electron chi connectivity index (χ2n) is 9.31. The molecule has 0 spiro atoms. The molecule has 0 aliphatic heterocycles. The number of fused-ring (bicyclic) bond motifs is 9. The zero-order valence-corrected chi connectivity index (χ0v) is 19.5. The zero-order chi connectivity index (χ0) is 22.0. The van der Waals surface area contributed by atoms with Crippen LogP contribution in [0.4, 0.5) is 0 Å². The minimum atomic E-state index is 1.12. The average Bonchev–Trinajstić information content (AvgIpc) is 3.30. The molecule has 0 atom stereocenters.